The zero-order valence-corrected chi connectivity index (χ0v) is 16.5. The first-order valence-electron chi connectivity index (χ1n) is 9.81. The molecule has 29 heavy (non-hydrogen) atoms. The van der Waals surface area contributed by atoms with Gasteiger partial charge in [0.2, 0.25) is 5.91 Å². The second kappa shape index (κ2) is 7.69. The van der Waals surface area contributed by atoms with Crippen molar-refractivity contribution in [2.45, 2.75) is 33.2 Å². The fraction of sp³-hybridized carbons (Fsp3) is 0.429. The van der Waals surface area contributed by atoms with Crippen molar-refractivity contribution in [2.24, 2.45) is 5.92 Å². The smallest absolute Gasteiger partial charge is 0.347 e. The van der Waals surface area contributed by atoms with Gasteiger partial charge in [-0.15, -0.1) is 0 Å². The summed E-state index contributed by atoms with van der Waals surface area (Å²) in [6, 6.07) is 5.53. The summed E-state index contributed by atoms with van der Waals surface area (Å²) in [5.74, 6) is -0.691. The van der Waals surface area contributed by atoms with Crippen LogP contribution in [0.2, 0.25) is 0 Å². The standard InChI is InChI=1S/C21H23N3O5/c1-3-28-20(26)14-5-4-8-23(11-14)18(25)12-24-19-15-9-13(2)6-7-17(15)29-21(27)16(19)10-22-24/h6-7,9-10,14H,3-5,8,11-12H2,1-2H3/t14-/m0/s1. The molecule has 3 heterocycles. The molecule has 1 aliphatic heterocycles. The maximum Gasteiger partial charge on any atom is 0.347 e. The highest BCUT2D eigenvalue weighted by Crippen LogP contribution is 2.24. The number of fused-ring (bicyclic) bond motifs is 3. The fourth-order valence-electron chi connectivity index (χ4n) is 3.90. The highest BCUT2D eigenvalue weighted by Gasteiger charge is 2.29. The maximum absolute atomic E-state index is 12.9. The van der Waals surface area contributed by atoms with Crippen LogP contribution >= 0.6 is 0 Å². The molecule has 1 aliphatic rings. The number of likely N-dealkylation sites (tertiary alicyclic amines) is 1. The van der Waals surface area contributed by atoms with E-state index in [4.69, 9.17) is 9.15 Å². The number of carbonyl (C=O) groups is 2. The number of esters is 1. The van der Waals surface area contributed by atoms with Gasteiger partial charge in [0.1, 0.15) is 17.5 Å². The van der Waals surface area contributed by atoms with Crippen molar-refractivity contribution < 1.29 is 18.7 Å². The summed E-state index contributed by atoms with van der Waals surface area (Å²) in [5.41, 5.74) is 1.59. The Morgan fingerprint density at radius 1 is 1.31 bits per heavy atom. The number of carbonyl (C=O) groups excluding carboxylic acids is 2. The van der Waals surface area contributed by atoms with Crippen molar-refractivity contribution in [3.05, 3.63) is 40.4 Å². The normalized spacial score (nSPS) is 17.0. The van der Waals surface area contributed by atoms with E-state index in [-0.39, 0.29) is 24.3 Å². The summed E-state index contributed by atoms with van der Waals surface area (Å²) in [6.45, 7) is 4.98. The molecule has 8 heteroatoms. The lowest BCUT2D eigenvalue weighted by Crippen LogP contribution is -2.44. The number of amides is 1. The predicted molar refractivity (Wildman–Crippen MR) is 106 cm³/mol. The molecular formula is C21H23N3O5. The Morgan fingerprint density at radius 3 is 2.93 bits per heavy atom. The first-order valence-corrected chi connectivity index (χ1v) is 9.81. The molecular weight excluding hydrogens is 374 g/mol. The van der Waals surface area contributed by atoms with Crippen molar-refractivity contribution in [1.82, 2.24) is 14.7 Å². The van der Waals surface area contributed by atoms with E-state index in [9.17, 15) is 14.4 Å². The van der Waals surface area contributed by atoms with Crippen LogP contribution in [0.15, 0.2) is 33.6 Å². The Morgan fingerprint density at radius 2 is 2.14 bits per heavy atom. The average molecular weight is 397 g/mol. The third-order valence-corrected chi connectivity index (χ3v) is 5.33. The molecule has 8 nitrogen and oxygen atoms in total. The molecule has 1 fully saturated rings. The summed E-state index contributed by atoms with van der Waals surface area (Å²) in [7, 11) is 0. The number of ether oxygens (including phenoxy) is 1. The number of aryl methyl sites for hydroxylation is 1. The van der Waals surface area contributed by atoms with Crippen LogP contribution in [0.3, 0.4) is 0 Å². The number of benzene rings is 1. The second-order valence-corrected chi connectivity index (χ2v) is 7.38. The average Bonchev–Trinajstić information content (AvgIpc) is 3.13. The molecule has 0 bridgehead atoms. The quantitative estimate of drug-likeness (QED) is 0.495. The minimum Gasteiger partial charge on any atom is -0.466 e. The van der Waals surface area contributed by atoms with Gasteiger partial charge in [-0.2, -0.15) is 5.10 Å². The van der Waals surface area contributed by atoms with Crippen LogP contribution < -0.4 is 5.63 Å². The number of hydrogen-bond donors (Lipinski definition) is 0. The van der Waals surface area contributed by atoms with Gasteiger partial charge in [0.25, 0.3) is 0 Å². The number of hydrogen-bond acceptors (Lipinski definition) is 6. The Kier molecular flexibility index (Phi) is 5.08. The Labute approximate surface area is 167 Å². The zero-order valence-electron chi connectivity index (χ0n) is 16.5. The number of piperidine rings is 1. The van der Waals surface area contributed by atoms with Crippen LogP contribution in [-0.2, 0) is 20.9 Å². The zero-order chi connectivity index (χ0) is 20.5. The van der Waals surface area contributed by atoms with E-state index in [0.29, 0.717) is 36.2 Å². The molecule has 1 atom stereocenters. The van der Waals surface area contributed by atoms with Crippen molar-refractivity contribution >= 4 is 33.7 Å². The highest BCUT2D eigenvalue weighted by molar-refractivity contribution is 6.02. The van der Waals surface area contributed by atoms with E-state index in [2.05, 4.69) is 5.10 Å². The van der Waals surface area contributed by atoms with E-state index >= 15 is 0 Å². The minimum absolute atomic E-state index is 0.00839. The van der Waals surface area contributed by atoms with Crippen molar-refractivity contribution in [2.75, 3.05) is 19.7 Å². The van der Waals surface area contributed by atoms with Crippen molar-refractivity contribution in [1.29, 1.82) is 0 Å². The second-order valence-electron chi connectivity index (χ2n) is 7.38. The molecule has 152 valence electrons. The summed E-state index contributed by atoms with van der Waals surface area (Å²) in [4.78, 5) is 39.0. The molecule has 1 amide bonds. The first kappa shape index (κ1) is 19.2. The highest BCUT2D eigenvalue weighted by atomic mass is 16.5. The summed E-state index contributed by atoms with van der Waals surface area (Å²) >= 11 is 0. The van der Waals surface area contributed by atoms with Gasteiger partial charge in [-0.1, -0.05) is 11.6 Å². The van der Waals surface area contributed by atoms with Crippen LogP contribution in [0.5, 0.6) is 0 Å². The Bertz CT molecular complexity index is 1150. The molecule has 0 aliphatic carbocycles. The summed E-state index contributed by atoms with van der Waals surface area (Å²) < 4.78 is 12.0. The largest absolute Gasteiger partial charge is 0.466 e. The molecule has 3 aromatic rings. The van der Waals surface area contributed by atoms with Crippen molar-refractivity contribution in [3.63, 3.8) is 0 Å². The van der Waals surface area contributed by atoms with E-state index in [0.717, 1.165) is 23.8 Å². The molecule has 0 radical (unpaired) electrons. The predicted octanol–water partition coefficient (Wildman–Crippen LogP) is 2.25. The number of aromatic nitrogens is 2. The van der Waals surface area contributed by atoms with Crippen molar-refractivity contribution in [3.8, 4) is 0 Å². The van der Waals surface area contributed by atoms with Gasteiger partial charge in [0, 0.05) is 18.5 Å². The minimum atomic E-state index is -0.476. The third kappa shape index (κ3) is 3.62. The molecule has 0 unspecified atom stereocenters. The number of rotatable bonds is 4. The van der Waals surface area contributed by atoms with Gasteiger partial charge in [-0.05, 0) is 38.8 Å². The van der Waals surface area contributed by atoms with Gasteiger partial charge in [0.15, 0.2) is 0 Å². The van der Waals surface area contributed by atoms with Crippen LogP contribution in [0.4, 0.5) is 0 Å². The van der Waals surface area contributed by atoms with Gasteiger partial charge in [-0.3, -0.25) is 14.3 Å². The van der Waals surface area contributed by atoms with Gasteiger partial charge >= 0.3 is 11.6 Å². The Hall–Kier alpha value is -3.16. The SMILES string of the molecule is CCOC(=O)[C@H]1CCCN(C(=O)Cn2ncc3c(=O)oc4ccc(C)cc4c32)C1. The lowest BCUT2D eigenvalue weighted by Gasteiger charge is -2.31. The first-order chi connectivity index (χ1) is 14.0. The van der Waals surface area contributed by atoms with Crippen LogP contribution in [-0.4, -0.2) is 46.3 Å². The Balaban J connectivity index is 1.63. The topological polar surface area (TPSA) is 94.6 Å². The lowest BCUT2D eigenvalue weighted by atomic mass is 9.98. The van der Waals surface area contributed by atoms with Gasteiger partial charge in [0.05, 0.1) is 24.2 Å². The van der Waals surface area contributed by atoms with E-state index in [1.807, 2.05) is 19.1 Å². The molecule has 0 saturated carbocycles. The van der Waals surface area contributed by atoms with Gasteiger partial charge < -0.3 is 14.1 Å². The maximum atomic E-state index is 12.9. The third-order valence-electron chi connectivity index (χ3n) is 5.33. The molecule has 4 rings (SSSR count). The molecule has 1 saturated heterocycles. The van der Waals surface area contributed by atoms with Crippen LogP contribution in [0.1, 0.15) is 25.3 Å². The van der Waals surface area contributed by atoms with Crippen LogP contribution in [0.25, 0.3) is 21.9 Å². The summed E-state index contributed by atoms with van der Waals surface area (Å²) in [6.07, 6.45) is 2.91. The van der Waals surface area contributed by atoms with E-state index < -0.39 is 5.63 Å². The molecule has 2 aromatic heterocycles. The molecule has 1 aromatic carbocycles. The summed E-state index contributed by atoms with van der Waals surface area (Å²) in [5, 5.41) is 5.36. The lowest BCUT2D eigenvalue weighted by molar-refractivity contribution is -0.151. The fourth-order valence-corrected chi connectivity index (χ4v) is 3.90. The number of nitrogens with zero attached hydrogens (tertiary/aromatic N) is 3. The monoisotopic (exact) mass is 397 g/mol. The van der Waals surface area contributed by atoms with Gasteiger partial charge in [-0.25, -0.2) is 4.79 Å². The van der Waals surface area contributed by atoms with E-state index in [1.54, 1.807) is 22.6 Å². The van der Waals surface area contributed by atoms with E-state index in [1.165, 1.54) is 6.20 Å². The van der Waals surface area contributed by atoms with Crippen LogP contribution in [0, 0.1) is 12.8 Å². The molecule has 0 N–H and O–H groups in total. The molecule has 0 spiro atoms.